The number of anilines is 3. The van der Waals surface area contributed by atoms with Gasteiger partial charge in [0.05, 0.1) is 16.1 Å². The first-order chi connectivity index (χ1) is 24.8. The highest BCUT2D eigenvalue weighted by Gasteiger charge is 2.23. The van der Waals surface area contributed by atoms with Gasteiger partial charge in [-0.2, -0.15) is 0 Å². The van der Waals surface area contributed by atoms with E-state index in [2.05, 4.69) is 181 Å². The molecule has 0 radical (unpaired) electrons. The monoisotopic (exact) mass is 651 g/mol. The Morgan fingerprint density at radius 1 is 0.300 bits per heavy atom. The SMILES string of the molecule is c1ccc2c(c1)ccc1cc(N(c3cc4ccccc4c4ccccc34)c3cccc4c3sc3c5ccccc5c5ccccc5c43)ccc12. The Labute approximate surface area is 292 Å². The molecule has 1 heterocycles. The van der Waals surface area contributed by atoms with Crippen LogP contribution in [0.5, 0.6) is 0 Å². The maximum Gasteiger partial charge on any atom is 0.0640 e. The molecule has 0 atom stereocenters. The fourth-order valence-corrected chi connectivity index (χ4v) is 9.71. The molecule has 10 aromatic carbocycles. The van der Waals surface area contributed by atoms with Crippen LogP contribution in [0, 0.1) is 0 Å². The van der Waals surface area contributed by atoms with Crippen molar-refractivity contribution in [3.05, 3.63) is 176 Å². The van der Waals surface area contributed by atoms with Crippen molar-refractivity contribution in [2.75, 3.05) is 4.90 Å². The Balaban J connectivity index is 1.28. The molecule has 11 rings (SSSR count). The van der Waals surface area contributed by atoms with Gasteiger partial charge in [-0.15, -0.1) is 11.3 Å². The van der Waals surface area contributed by atoms with Crippen molar-refractivity contribution in [3.63, 3.8) is 0 Å². The Hall–Kier alpha value is -6.22. The lowest BCUT2D eigenvalue weighted by atomic mass is 9.96. The molecule has 1 nitrogen and oxygen atoms in total. The van der Waals surface area contributed by atoms with Crippen LogP contribution < -0.4 is 4.90 Å². The number of hydrogen-bond acceptors (Lipinski definition) is 2. The Kier molecular flexibility index (Phi) is 5.89. The number of thiophene rings is 1. The van der Waals surface area contributed by atoms with Gasteiger partial charge < -0.3 is 4.90 Å². The molecule has 0 spiro atoms. The average Bonchev–Trinajstić information content (AvgIpc) is 3.59. The molecule has 11 aromatic rings. The van der Waals surface area contributed by atoms with Gasteiger partial charge in [0.2, 0.25) is 0 Å². The summed E-state index contributed by atoms with van der Waals surface area (Å²) in [6, 6.07) is 65.0. The predicted octanol–water partition coefficient (Wildman–Crippen LogP) is 14.4. The van der Waals surface area contributed by atoms with Gasteiger partial charge in [-0.05, 0) is 78.1 Å². The van der Waals surface area contributed by atoms with E-state index in [1.165, 1.54) is 96.2 Å². The summed E-state index contributed by atoms with van der Waals surface area (Å²) in [5, 5.41) is 17.9. The van der Waals surface area contributed by atoms with Crippen LogP contribution in [0.2, 0.25) is 0 Å². The predicted molar refractivity (Wildman–Crippen MR) is 219 cm³/mol. The highest BCUT2D eigenvalue weighted by atomic mass is 32.1. The third-order valence-corrected chi connectivity index (χ3v) is 11.8. The first-order valence-electron chi connectivity index (χ1n) is 17.2. The molecule has 50 heavy (non-hydrogen) atoms. The largest absolute Gasteiger partial charge is 0.308 e. The second kappa shape index (κ2) is 10.6. The Bertz CT molecular complexity index is 3170. The van der Waals surface area contributed by atoms with E-state index in [1.807, 2.05) is 11.3 Å². The third-order valence-electron chi connectivity index (χ3n) is 10.6. The summed E-state index contributed by atoms with van der Waals surface area (Å²) < 4.78 is 2.63. The molecule has 0 aliphatic rings. The highest BCUT2D eigenvalue weighted by molar-refractivity contribution is 7.27. The average molecular weight is 652 g/mol. The molecule has 1 aromatic heterocycles. The molecule has 0 bridgehead atoms. The van der Waals surface area contributed by atoms with E-state index in [9.17, 15) is 0 Å². The quantitative estimate of drug-likeness (QED) is 0.172. The molecule has 0 saturated carbocycles. The maximum absolute atomic E-state index is 2.52. The molecule has 0 amide bonds. The van der Waals surface area contributed by atoms with Gasteiger partial charge in [0.25, 0.3) is 0 Å². The molecular weight excluding hydrogens is 623 g/mol. The maximum atomic E-state index is 2.52. The van der Waals surface area contributed by atoms with Crippen LogP contribution in [-0.2, 0) is 0 Å². The molecule has 0 unspecified atom stereocenters. The van der Waals surface area contributed by atoms with Crippen LogP contribution in [0.3, 0.4) is 0 Å². The molecular formula is C48H29NS. The van der Waals surface area contributed by atoms with E-state index >= 15 is 0 Å². The fourth-order valence-electron chi connectivity index (χ4n) is 8.36. The van der Waals surface area contributed by atoms with Crippen LogP contribution in [-0.4, -0.2) is 0 Å². The van der Waals surface area contributed by atoms with Crippen molar-refractivity contribution in [2.45, 2.75) is 0 Å². The number of rotatable bonds is 3. The summed E-state index contributed by atoms with van der Waals surface area (Å²) in [4.78, 5) is 2.52. The van der Waals surface area contributed by atoms with Crippen molar-refractivity contribution in [3.8, 4) is 0 Å². The van der Waals surface area contributed by atoms with Crippen LogP contribution in [0.25, 0.3) is 84.8 Å². The topological polar surface area (TPSA) is 3.24 Å². The van der Waals surface area contributed by atoms with Crippen LogP contribution in [0.4, 0.5) is 17.1 Å². The Morgan fingerprint density at radius 2 is 0.820 bits per heavy atom. The van der Waals surface area contributed by atoms with Gasteiger partial charge in [-0.25, -0.2) is 0 Å². The molecule has 0 saturated heterocycles. The summed E-state index contributed by atoms with van der Waals surface area (Å²) in [5.41, 5.74) is 3.52. The van der Waals surface area contributed by atoms with Gasteiger partial charge in [-0.3, -0.25) is 0 Å². The van der Waals surface area contributed by atoms with E-state index in [4.69, 9.17) is 0 Å². The lowest BCUT2D eigenvalue weighted by Crippen LogP contribution is -2.11. The normalized spacial score (nSPS) is 12.0. The summed E-state index contributed by atoms with van der Waals surface area (Å²) in [6.07, 6.45) is 0. The number of fused-ring (bicyclic) bond motifs is 14. The Morgan fingerprint density at radius 3 is 1.60 bits per heavy atom. The minimum absolute atomic E-state index is 1.15. The van der Waals surface area contributed by atoms with Crippen molar-refractivity contribution < 1.29 is 0 Å². The van der Waals surface area contributed by atoms with Gasteiger partial charge in [0.15, 0.2) is 0 Å². The van der Waals surface area contributed by atoms with Crippen LogP contribution in [0.1, 0.15) is 0 Å². The molecule has 0 aliphatic heterocycles. The molecule has 0 N–H and O–H groups in total. The van der Waals surface area contributed by atoms with Crippen molar-refractivity contribution in [1.82, 2.24) is 0 Å². The zero-order valence-corrected chi connectivity index (χ0v) is 27.9. The summed E-state index contributed by atoms with van der Waals surface area (Å²) in [7, 11) is 0. The van der Waals surface area contributed by atoms with Gasteiger partial charge in [-0.1, -0.05) is 152 Å². The van der Waals surface area contributed by atoms with E-state index in [1.54, 1.807) is 0 Å². The first-order valence-corrected chi connectivity index (χ1v) is 18.0. The third kappa shape index (κ3) is 3.94. The summed E-state index contributed by atoms with van der Waals surface area (Å²) in [6.45, 7) is 0. The first kappa shape index (κ1) is 27.7. The number of hydrogen-bond donors (Lipinski definition) is 0. The van der Waals surface area contributed by atoms with Gasteiger partial charge >= 0.3 is 0 Å². The number of nitrogens with zero attached hydrogens (tertiary/aromatic N) is 1. The lowest BCUT2D eigenvalue weighted by Gasteiger charge is -2.28. The molecule has 232 valence electrons. The van der Waals surface area contributed by atoms with Gasteiger partial charge in [0, 0.05) is 31.9 Å². The second-order valence-electron chi connectivity index (χ2n) is 13.2. The fraction of sp³-hybridized carbons (Fsp3) is 0. The van der Waals surface area contributed by atoms with E-state index < -0.39 is 0 Å². The smallest absolute Gasteiger partial charge is 0.0640 e. The van der Waals surface area contributed by atoms with E-state index in [0.29, 0.717) is 0 Å². The number of benzene rings is 10. The minimum atomic E-state index is 1.15. The summed E-state index contributed by atoms with van der Waals surface area (Å²) >= 11 is 1.92. The standard InChI is InChI=1S/C48H29NS/c1-3-14-34-30(12-1)24-25-32-28-33(26-27-36(32)34)49(45-29-31-13-2-4-15-35(31)37-16-5-8-19-40(37)45)44-23-11-22-43-46-41-20-9-6-17-38(41)39-18-7-10-21-42(39)48(46)50-47(43)44/h1-29H. The molecule has 2 heteroatoms. The van der Waals surface area contributed by atoms with Crippen molar-refractivity contribution in [2.24, 2.45) is 0 Å². The lowest BCUT2D eigenvalue weighted by molar-refractivity contribution is 1.33. The summed E-state index contributed by atoms with van der Waals surface area (Å²) in [5.74, 6) is 0. The van der Waals surface area contributed by atoms with E-state index in [-0.39, 0.29) is 0 Å². The highest BCUT2D eigenvalue weighted by Crippen LogP contribution is 2.50. The van der Waals surface area contributed by atoms with Gasteiger partial charge in [0.1, 0.15) is 0 Å². The van der Waals surface area contributed by atoms with Crippen LogP contribution >= 0.6 is 11.3 Å². The zero-order chi connectivity index (χ0) is 32.8. The molecule has 0 fully saturated rings. The van der Waals surface area contributed by atoms with Crippen molar-refractivity contribution >= 4 is 113 Å². The zero-order valence-electron chi connectivity index (χ0n) is 27.1. The van der Waals surface area contributed by atoms with E-state index in [0.717, 1.165) is 5.69 Å². The minimum Gasteiger partial charge on any atom is -0.308 e. The second-order valence-corrected chi connectivity index (χ2v) is 14.3. The molecule has 0 aliphatic carbocycles. The van der Waals surface area contributed by atoms with Crippen LogP contribution in [0.15, 0.2) is 176 Å². The van der Waals surface area contributed by atoms with Crippen molar-refractivity contribution in [1.29, 1.82) is 0 Å².